The maximum absolute atomic E-state index is 13.2. The molecule has 206 valence electrons. The lowest BCUT2D eigenvalue weighted by Gasteiger charge is -2.18. The Bertz CT molecular complexity index is 1420. The van der Waals surface area contributed by atoms with Crippen molar-refractivity contribution in [2.45, 2.75) is 53.2 Å². The monoisotopic (exact) mass is 547 g/mol. The Labute approximate surface area is 222 Å². The van der Waals surface area contributed by atoms with Crippen molar-refractivity contribution < 1.29 is 17.5 Å². The molecule has 0 saturated heterocycles. The molecule has 12 nitrogen and oxygen atoms in total. The molecule has 0 aliphatic rings. The second-order valence-corrected chi connectivity index (χ2v) is 9.61. The number of hydrogen-bond acceptors (Lipinski definition) is 9. The Morgan fingerprint density at radius 1 is 1.08 bits per heavy atom. The van der Waals surface area contributed by atoms with Gasteiger partial charge in [0.25, 0.3) is 0 Å². The normalized spacial score (nSPS) is 11.5. The van der Waals surface area contributed by atoms with E-state index in [1.165, 1.54) is 29.6 Å². The molecular weight excluding hydrogens is 513 g/mol. The van der Waals surface area contributed by atoms with E-state index in [1.807, 2.05) is 46.8 Å². The largest absolute Gasteiger partial charge is 0.495 e. The van der Waals surface area contributed by atoms with Crippen molar-refractivity contribution in [2.24, 2.45) is 7.05 Å². The van der Waals surface area contributed by atoms with Gasteiger partial charge >= 0.3 is 0 Å². The fourth-order valence-electron chi connectivity index (χ4n) is 3.30. The van der Waals surface area contributed by atoms with Crippen LogP contribution in [0.25, 0.3) is 17.2 Å². The van der Waals surface area contributed by atoms with Crippen LogP contribution in [0.15, 0.2) is 36.8 Å². The third kappa shape index (κ3) is 6.88. The number of nitrogens with one attached hydrogen (secondary N) is 1. The first kappa shape index (κ1) is 30.3. The minimum atomic E-state index is -3.98. The molecule has 1 aromatic carbocycles. The van der Waals surface area contributed by atoms with Gasteiger partial charge in [0.1, 0.15) is 11.6 Å². The number of aromatic nitrogens is 8. The lowest BCUT2D eigenvalue weighted by atomic mass is 10.1. The van der Waals surface area contributed by atoms with Crippen LogP contribution in [-0.2, 0) is 23.5 Å². The summed E-state index contributed by atoms with van der Waals surface area (Å²) in [6, 6.07) is 5.42. The molecule has 4 aromatic rings. The standard InChI is InChI=1S/C20H22FN9O3S.2C2H6/c1-12-6-5-7-16(33-4)18(12)30-19(15-11-24-29(3)27-15)25-26-20(30)28-34(31,32)13(2)8-17-22-9-14(21)10-23-17;2*1-2/h5-7,9-11,13H,8H2,1-4H3,(H,26,28);2*1-2H3/t13-;;/m0../s1. The number of sulfonamides is 1. The number of methoxy groups -OCH3 is 1. The minimum absolute atomic E-state index is 0.0333. The number of anilines is 1. The highest BCUT2D eigenvalue weighted by molar-refractivity contribution is 7.93. The Hall–Kier alpha value is -3.94. The third-order valence-corrected chi connectivity index (χ3v) is 6.74. The topological polar surface area (TPSA) is 143 Å². The zero-order valence-electron chi connectivity index (χ0n) is 22.8. The van der Waals surface area contributed by atoms with Gasteiger partial charge in [0, 0.05) is 13.5 Å². The van der Waals surface area contributed by atoms with Gasteiger partial charge in [0.15, 0.2) is 17.3 Å². The molecule has 0 aliphatic carbocycles. The minimum Gasteiger partial charge on any atom is -0.495 e. The number of ether oxygens (including phenoxy) is 1. The highest BCUT2D eigenvalue weighted by atomic mass is 32.2. The average molecular weight is 548 g/mol. The van der Waals surface area contributed by atoms with Crippen LogP contribution >= 0.6 is 0 Å². The predicted octanol–water partition coefficient (Wildman–Crippen LogP) is 3.73. The first-order chi connectivity index (χ1) is 18.2. The highest BCUT2D eigenvalue weighted by Crippen LogP contribution is 2.33. The summed E-state index contributed by atoms with van der Waals surface area (Å²) in [7, 11) is -0.810. The summed E-state index contributed by atoms with van der Waals surface area (Å²) in [6.07, 6.45) is 3.44. The van der Waals surface area contributed by atoms with Gasteiger partial charge in [0.2, 0.25) is 16.0 Å². The molecule has 1 N–H and O–H groups in total. The quantitative estimate of drug-likeness (QED) is 0.349. The number of aryl methyl sites for hydroxylation is 2. The van der Waals surface area contributed by atoms with E-state index >= 15 is 0 Å². The van der Waals surface area contributed by atoms with Crippen molar-refractivity contribution in [1.82, 2.24) is 39.7 Å². The number of para-hydroxylation sites is 1. The van der Waals surface area contributed by atoms with Crippen molar-refractivity contribution in [1.29, 1.82) is 0 Å². The van der Waals surface area contributed by atoms with Gasteiger partial charge in [-0.05, 0) is 25.5 Å². The fourth-order valence-corrected chi connectivity index (χ4v) is 4.26. The summed E-state index contributed by atoms with van der Waals surface area (Å²) in [5.74, 6) is 0.293. The number of benzene rings is 1. The summed E-state index contributed by atoms with van der Waals surface area (Å²) < 4.78 is 49.0. The van der Waals surface area contributed by atoms with Gasteiger partial charge in [0.05, 0.1) is 36.6 Å². The lowest BCUT2D eigenvalue weighted by Crippen LogP contribution is -2.29. The molecule has 0 spiro atoms. The Morgan fingerprint density at radius 3 is 2.32 bits per heavy atom. The molecule has 1 atom stereocenters. The predicted molar refractivity (Wildman–Crippen MR) is 143 cm³/mol. The van der Waals surface area contributed by atoms with Crippen LogP contribution < -0.4 is 9.46 Å². The summed E-state index contributed by atoms with van der Waals surface area (Å²) >= 11 is 0. The molecule has 3 heterocycles. The Morgan fingerprint density at radius 2 is 1.74 bits per heavy atom. The van der Waals surface area contributed by atoms with Crippen molar-refractivity contribution in [3.63, 3.8) is 0 Å². The van der Waals surface area contributed by atoms with Crippen LogP contribution in [0.4, 0.5) is 10.3 Å². The molecule has 14 heteroatoms. The van der Waals surface area contributed by atoms with Gasteiger partial charge < -0.3 is 4.74 Å². The average Bonchev–Trinajstić information content (AvgIpc) is 3.53. The van der Waals surface area contributed by atoms with E-state index in [9.17, 15) is 12.8 Å². The molecule has 0 fully saturated rings. The summed E-state index contributed by atoms with van der Waals surface area (Å²) in [4.78, 5) is 9.04. The van der Waals surface area contributed by atoms with E-state index in [4.69, 9.17) is 4.74 Å². The molecule has 38 heavy (non-hydrogen) atoms. The SMILES string of the molecule is CC.CC.COc1cccc(C)c1-n1c(NS(=O)(=O)[C@@H](C)Cc2ncc(F)cn2)nnc1-c1cnn(C)n1. The van der Waals surface area contributed by atoms with Gasteiger partial charge in [-0.1, -0.05) is 39.8 Å². The van der Waals surface area contributed by atoms with E-state index in [0.717, 1.165) is 18.0 Å². The van der Waals surface area contributed by atoms with Crippen LogP contribution in [0.1, 0.15) is 46.0 Å². The zero-order valence-corrected chi connectivity index (χ0v) is 23.7. The van der Waals surface area contributed by atoms with Gasteiger partial charge in [-0.3, -0.25) is 9.29 Å². The molecule has 0 saturated carbocycles. The maximum Gasteiger partial charge on any atom is 0.243 e. The maximum atomic E-state index is 13.2. The van der Waals surface area contributed by atoms with Crippen molar-refractivity contribution in [2.75, 3.05) is 11.8 Å². The van der Waals surface area contributed by atoms with E-state index in [0.29, 0.717) is 17.1 Å². The van der Waals surface area contributed by atoms with Crippen LogP contribution in [0, 0.1) is 12.7 Å². The van der Waals surface area contributed by atoms with E-state index in [2.05, 4.69) is 35.1 Å². The summed E-state index contributed by atoms with van der Waals surface area (Å²) in [5.41, 5.74) is 1.72. The van der Waals surface area contributed by atoms with Gasteiger partial charge in [-0.25, -0.2) is 22.8 Å². The van der Waals surface area contributed by atoms with Crippen molar-refractivity contribution in [3.8, 4) is 23.0 Å². The smallest absolute Gasteiger partial charge is 0.243 e. The third-order valence-electron chi connectivity index (χ3n) is 5.04. The lowest BCUT2D eigenvalue weighted by molar-refractivity contribution is 0.412. The second kappa shape index (κ2) is 13.6. The van der Waals surface area contributed by atoms with Crippen LogP contribution in [0.3, 0.4) is 0 Å². The Kier molecular flexibility index (Phi) is 10.8. The molecule has 0 amide bonds. The molecular formula is C24H34FN9O3S. The molecule has 0 aliphatic heterocycles. The molecule has 0 bridgehead atoms. The Balaban J connectivity index is 0.00000121. The molecule has 0 unspecified atom stereocenters. The van der Waals surface area contributed by atoms with Crippen LogP contribution in [0.2, 0.25) is 0 Å². The highest BCUT2D eigenvalue weighted by Gasteiger charge is 2.28. The van der Waals surface area contributed by atoms with Gasteiger partial charge in [-0.2, -0.15) is 15.0 Å². The number of halogens is 1. The molecule has 3 aromatic heterocycles. The molecule has 4 rings (SSSR count). The van der Waals surface area contributed by atoms with Crippen molar-refractivity contribution >= 4 is 16.0 Å². The number of nitrogens with zero attached hydrogens (tertiary/aromatic N) is 8. The fraction of sp³-hybridized carbons (Fsp3) is 0.417. The van der Waals surface area contributed by atoms with E-state index in [1.54, 1.807) is 13.1 Å². The van der Waals surface area contributed by atoms with Gasteiger partial charge in [-0.15, -0.1) is 10.2 Å². The molecule has 0 radical (unpaired) electrons. The number of rotatable bonds is 8. The van der Waals surface area contributed by atoms with Crippen molar-refractivity contribution in [3.05, 3.63) is 54.0 Å². The first-order valence-corrected chi connectivity index (χ1v) is 13.7. The van der Waals surface area contributed by atoms with E-state index in [-0.39, 0.29) is 24.0 Å². The zero-order chi connectivity index (χ0) is 28.5. The number of hydrogen-bond donors (Lipinski definition) is 1. The summed E-state index contributed by atoms with van der Waals surface area (Å²) in [6.45, 7) is 11.3. The van der Waals surface area contributed by atoms with Crippen LogP contribution in [-0.4, -0.2) is 60.5 Å². The second-order valence-electron chi connectivity index (χ2n) is 7.51. The first-order valence-electron chi connectivity index (χ1n) is 12.1. The summed E-state index contributed by atoms with van der Waals surface area (Å²) in [5, 5.41) is 15.7. The van der Waals surface area contributed by atoms with E-state index < -0.39 is 21.1 Å². The van der Waals surface area contributed by atoms with Crippen LogP contribution in [0.5, 0.6) is 5.75 Å².